The standard InChI is InChI=1S/C6H6ClNO.C6H7NO2/c1-9-5-3-2-4-8-6(5)7;1-9-5-3-2-4-7-6(5)8/h2-4H,1H3;2-4H,1H3,(H,7,8). The van der Waals surface area contributed by atoms with Crippen LogP contribution in [0.1, 0.15) is 0 Å². The van der Waals surface area contributed by atoms with Crippen LogP contribution in [0.5, 0.6) is 11.5 Å². The van der Waals surface area contributed by atoms with Gasteiger partial charge in [0.1, 0.15) is 0 Å². The first-order valence-corrected chi connectivity index (χ1v) is 5.43. The highest BCUT2D eigenvalue weighted by Gasteiger charge is 1.95. The van der Waals surface area contributed by atoms with E-state index in [2.05, 4.69) is 9.97 Å². The van der Waals surface area contributed by atoms with Crippen LogP contribution in [0.2, 0.25) is 5.15 Å². The number of hydrogen-bond donors (Lipinski definition) is 1. The highest BCUT2D eigenvalue weighted by atomic mass is 35.5. The van der Waals surface area contributed by atoms with Gasteiger partial charge in [-0.3, -0.25) is 4.79 Å². The van der Waals surface area contributed by atoms with E-state index in [0.29, 0.717) is 16.7 Å². The van der Waals surface area contributed by atoms with Crippen molar-refractivity contribution in [3.63, 3.8) is 0 Å². The van der Waals surface area contributed by atoms with Crippen molar-refractivity contribution >= 4 is 11.6 Å². The van der Waals surface area contributed by atoms with Crippen LogP contribution in [0.3, 0.4) is 0 Å². The molecule has 0 aliphatic heterocycles. The van der Waals surface area contributed by atoms with Gasteiger partial charge in [0.2, 0.25) is 0 Å². The molecule has 0 saturated heterocycles. The van der Waals surface area contributed by atoms with E-state index in [1.165, 1.54) is 7.11 Å². The van der Waals surface area contributed by atoms with Gasteiger partial charge in [-0.15, -0.1) is 0 Å². The second-order valence-corrected chi connectivity index (χ2v) is 3.42. The molecule has 1 N–H and O–H groups in total. The van der Waals surface area contributed by atoms with E-state index in [9.17, 15) is 4.79 Å². The van der Waals surface area contributed by atoms with Crippen molar-refractivity contribution in [1.82, 2.24) is 9.97 Å². The lowest BCUT2D eigenvalue weighted by atomic mass is 10.5. The summed E-state index contributed by atoms with van der Waals surface area (Å²) in [7, 11) is 3.02. The summed E-state index contributed by atoms with van der Waals surface area (Å²) in [5, 5.41) is 0.403. The minimum atomic E-state index is -0.194. The number of halogens is 1. The van der Waals surface area contributed by atoms with Crippen LogP contribution in [0.25, 0.3) is 0 Å². The zero-order valence-corrected chi connectivity index (χ0v) is 10.8. The van der Waals surface area contributed by atoms with E-state index >= 15 is 0 Å². The molecule has 0 aliphatic rings. The molecule has 18 heavy (non-hydrogen) atoms. The Balaban J connectivity index is 0.000000180. The van der Waals surface area contributed by atoms with E-state index in [1.807, 2.05) is 0 Å². The van der Waals surface area contributed by atoms with Gasteiger partial charge in [-0.25, -0.2) is 4.98 Å². The molecule has 0 aliphatic carbocycles. The summed E-state index contributed by atoms with van der Waals surface area (Å²) in [6.45, 7) is 0. The van der Waals surface area contributed by atoms with Crippen LogP contribution >= 0.6 is 11.6 Å². The van der Waals surface area contributed by atoms with Crippen LogP contribution in [-0.2, 0) is 0 Å². The summed E-state index contributed by atoms with van der Waals surface area (Å²) >= 11 is 5.59. The lowest BCUT2D eigenvalue weighted by Gasteiger charge is -1.97. The first-order chi connectivity index (χ1) is 8.69. The summed E-state index contributed by atoms with van der Waals surface area (Å²) in [6, 6.07) is 6.85. The first-order valence-electron chi connectivity index (χ1n) is 5.05. The van der Waals surface area contributed by atoms with Crippen molar-refractivity contribution < 1.29 is 9.47 Å². The third-order valence-corrected chi connectivity index (χ3v) is 2.23. The second-order valence-electron chi connectivity index (χ2n) is 3.06. The van der Waals surface area contributed by atoms with Gasteiger partial charge in [0.25, 0.3) is 5.56 Å². The third kappa shape index (κ3) is 4.10. The molecule has 2 aromatic heterocycles. The minimum Gasteiger partial charge on any atom is -0.494 e. The average molecular weight is 269 g/mol. The maximum Gasteiger partial charge on any atom is 0.290 e. The van der Waals surface area contributed by atoms with Crippen molar-refractivity contribution in [2.24, 2.45) is 0 Å². The lowest BCUT2D eigenvalue weighted by Crippen LogP contribution is -2.06. The first kappa shape index (κ1) is 14.1. The van der Waals surface area contributed by atoms with Crippen molar-refractivity contribution in [3.8, 4) is 11.5 Å². The largest absolute Gasteiger partial charge is 0.494 e. The molecule has 0 spiro atoms. The van der Waals surface area contributed by atoms with Crippen LogP contribution in [0.4, 0.5) is 0 Å². The molecular formula is C12H13ClN2O3. The summed E-state index contributed by atoms with van der Waals surface area (Å²) < 4.78 is 9.55. The van der Waals surface area contributed by atoms with Gasteiger partial charge in [-0.05, 0) is 24.3 Å². The molecule has 5 nitrogen and oxygen atoms in total. The van der Waals surface area contributed by atoms with E-state index < -0.39 is 0 Å². The monoisotopic (exact) mass is 268 g/mol. The Hall–Kier alpha value is -2.01. The quantitative estimate of drug-likeness (QED) is 0.848. The second kappa shape index (κ2) is 7.34. The number of hydrogen-bond acceptors (Lipinski definition) is 4. The third-order valence-electron chi connectivity index (χ3n) is 1.95. The Morgan fingerprint density at radius 1 is 1.17 bits per heavy atom. The molecule has 0 amide bonds. The smallest absolute Gasteiger partial charge is 0.290 e. The highest BCUT2D eigenvalue weighted by molar-refractivity contribution is 6.30. The normalized spacial score (nSPS) is 9.06. The molecule has 0 fully saturated rings. The highest BCUT2D eigenvalue weighted by Crippen LogP contribution is 2.18. The predicted octanol–water partition coefficient (Wildman–Crippen LogP) is 2.13. The Bertz CT molecular complexity index is 543. The van der Waals surface area contributed by atoms with Gasteiger partial charge in [0.05, 0.1) is 14.2 Å². The molecule has 2 heterocycles. The fourth-order valence-electron chi connectivity index (χ4n) is 1.09. The molecule has 0 radical (unpaired) electrons. The number of nitrogens with one attached hydrogen (secondary N) is 1. The maximum atomic E-state index is 10.7. The number of aromatic amines is 1. The van der Waals surface area contributed by atoms with Gasteiger partial charge >= 0.3 is 0 Å². The number of aromatic nitrogens is 2. The van der Waals surface area contributed by atoms with Crippen molar-refractivity contribution in [2.45, 2.75) is 0 Å². The van der Waals surface area contributed by atoms with Crippen LogP contribution < -0.4 is 15.0 Å². The van der Waals surface area contributed by atoms with Gasteiger partial charge in [-0.2, -0.15) is 0 Å². The predicted molar refractivity (Wildman–Crippen MR) is 69.4 cm³/mol. The number of H-pyrrole nitrogens is 1. The zero-order chi connectivity index (χ0) is 13.4. The molecule has 2 rings (SSSR count). The minimum absolute atomic E-state index is 0.194. The molecular weight excluding hydrogens is 256 g/mol. The fourth-order valence-corrected chi connectivity index (χ4v) is 1.29. The van der Waals surface area contributed by atoms with Crippen molar-refractivity contribution in [2.75, 3.05) is 14.2 Å². The molecule has 2 aromatic rings. The number of ether oxygens (including phenoxy) is 2. The van der Waals surface area contributed by atoms with Gasteiger partial charge in [0, 0.05) is 12.4 Å². The fraction of sp³-hybridized carbons (Fsp3) is 0.167. The molecule has 96 valence electrons. The molecule has 0 unspecified atom stereocenters. The lowest BCUT2D eigenvalue weighted by molar-refractivity contribution is 0.408. The Morgan fingerprint density at radius 2 is 1.83 bits per heavy atom. The van der Waals surface area contributed by atoms with E-state index in [1.54, 1.807) is 43.8 Å². The van der Waals surface area contributed by atoms with Crippen molar-refractivity contribution in [1.29, 1.82) is 0 Å². The topological polar surface area (TPSA) is 64.2 Å². The SMILES string of the molecule is COc1ccc[nH]c1=O.COc1cccnc1Cl. The average Bonchev–Trinajstić information content (AvgIpc) is 2.41. The van der Waals surface area contributed by atoms with Gasteiger partial charge in [-0.1, -0.05) is 11.6 Å². The Kier molecular flexibility index (Phi) is 5.73. The van der Waals surface area contributed by atoms with Gasteiger partial charge in [0.15, 0.2) is 16.7 Å². The number of nitrogens with zero attached hydrogens (tertiary/aromatic N) is 1. The van der Waals surface area contributed by atoms with Gasteiger partial charge < -0.3 is 14.5 Å². The summed E-state index contributed by atoms with van der Waals surface area (Å²) in [6.07, 6.45) is 3.18. The van der Waals surface area contributed by atoms with Crippen LogP contribution in [-0.4, -0.2) is 24.2 Å². The van der Waals surface area contributed by atoms with Crippen LogP contribution in [0.15, 0.2) is 41.5 Å². The molecule has 0 saturated carbocycles. The number of methoxy groups -OCH3 is 2. The van der Waals surface area contributed by atoms with E-state index in [0.717, 1.165) is 0 Å². The Morgan fingerprint density at radius 3 is 2.28 bits per heavy atom. The summed E-state index contributed by atoms with van der Waals surface area (Å²) in [5.74, 6) is 0.955. The summed E-state index contributed by atoms with van der Waals surface area (Å²) in [4.78, 5) is 16.9. The number of rotatable bonds is 2. The number of pyridine rings is 2. The van der Waals surface area contributed by atoms with E-state index in [-0.39, 0.29) is 5.56 Å². The molecule has 0 aromatic carbocycles. The maximum absolute atomic E-state index is 10.7. The summed E-state index contributed by atoms with van der Waals surface area (Å²) in [5.41, 5.74) is -0.194. The van der Waals surface area contributed by atoms with E-state index in [4.69, 9.17) is 21.1 Å². The van der Waals surface area contributed by atoms with Crippen LogP contribution in [0, 0.1) is 0 Å². The molecule has 0 atom stereocenters. The van der Waals surface area contributed by atoms with Crippen molar-refractivity contribution in [3.05, 3.63) is 52.2 Å². The Labute approximate surface area is 109 Å². The molecule has 0 bridgehead atoms. The molecule has 6 heteroatoms. The zero-order valence-electron chi connectivity index (χ0n) is 10.0.